The fraction of sp³-hybridized carbons (Fsp3) is 0.429. The second kappa shape index (κ2) is 9.04. The van der Waals surface area contributed by atoms with Gasteiger partial charge in [-0.15, -0.1) is 0 Å². The molecule has 26 heavy (non-hydrogen) atoms. The lowest BCUT2D eigenvalue weighted by molar-refractivity contribution is -0.386. The summed E-state index contributed by atoms with van der Waals surface area (Å²) in [5, 5.41) is 11.9. The van der Waals surface area contributed by atoms with Crippen LogP contribution >= 0.6 is 11.6 Å². The summed E-state index contributed by atoms with van der Waals surface area (Å²) in [7, 11) is 0. The van der Waals surface area contributed by atoms with Gasteiger partial charge >= 0.3 is 0 Å². The molecule has 0 unspecified atom stereocenters. The minimum absolute atomic E-state index is 0.229. The third-order valence-corrected chi connectivity index (χ3v) is 5.07. The van der Waals surface area contributed by atoms with E-state index in [9.17, 15) is 10.1 Å². The maximum absolute atomic E-state index is 11.1. The summed E-state index contributed by atoms with van der Waals surface area (Å²) >= 11 is 6.10. The lowest BCUT2D eigenvalue weighted by Crippen LogP contribution is -2.33. The van der Waals surface area contributed by atoms with Crippen LogP contribution in [0.2, 0.25) is 5.02 Å². The molecule has 2 aromatic carbocycles. The van der Waals surface area contributed by atoms with E-state index in [0.717, 1.165) is 47.8 Å². The molecule has 1 heterocycles. The van der Waals surface area contributed by atoms with Crippen LogP contribution in [0.25, 0.3) is 0 Å². The van der Waals surface area contributed by atoms with Crippen LogP contribution in [0.5, 0.6) is 0 Å². The largest absolute Gasteiger partial charge is 0.371 e. The molecule has 0 aromatic heterocycles. The first-order valence-electron chi connectivity index (χ1n) is 9.22. The SMILES string of the molecule is CC.Cc1cc(N2CCC(c3cccc(Cl)c3)CC2)cc(C)c1[N+](=O)[O-]. The van der Waals surface area contributed by atoms with Crippen molar-refractivity contribution in [3.05, 3.63) is 68.2 Å². The zero-order chi connectivity index (χ0) is 19.3. The van der Waals surface area contributed by atoms with Crippen LogP contribution in [0.4, 0.5) is 11.4 Å². The van der Waals surface area contributed by atoms with Gasteiger partial charge in [0.25, 0.3) is 5.69 Å². The predicted molar refractivity (Wildman–Crippen MR) is 110 cm³/mol. The zero-order valence-corrected chi connectivity index (χ0v) is 16.7. The number of nitrogens with zero attached hydrogens (tertiary/aromatic N) is 2. The molecule has 0 aliphatic carbocycles. The first-order valence-corrected chi connectivity index (χ1v) is 9.59. The molecule has 1 aliphatic rings. The molecule has 0 spiro atoms. The normalized spacial score (nSPS) is 14.6. The standard InChI is InChI=1S/C19H21ClN2O2.C2H6/c1-13-10-18(11-14(2)19(13)22(23)24)21-8-6-15(7-9-21)16-4-3-5-17(20)12-16;1-2/h3-5,10-12,15H,6-9H2,1-2H3;1-2H3. The number of hydrogen-bond donors (Lipinski definition) is 0. The Hall–Kier alpha value is -2.07. The lowest BCUT2D eigenvalue weighted by Gasteiger charge is -2.34. The number of nitro groups is 1. The van der Waals surface area contributed by atoms with Crippen molar-refractivity contribution in [2.45, 2.75) is 46.5 Å². The second-order valence-electron chi connectivity index (χ2n) is 6.50. The van der Waals surface area contributed by atoms with Gasteiger partial charge in [0, 0.05) is 34.9 Å². The van der Waals surface area contributed by atoms with Crippen molar-refractivity contribution in [3.63, 3.8) is 0 Å². The van der Waals surface area contributed by atoms with Crippen LogP contribution in [0.3, 0.4) is 0 Å². The Balaban J connectivity index is 0.00000117. The number of piperidine rings is 1. The molecule has 1 saturated heterocycles. The van der Waals surface area contributed by atoms with E-state index >= 15 is 0 Å². The summed E-state index contributed by atoms with van der Waals surface area (Å²) in [5.74, 6) is 0.528. The summed E-state index contributed by atoms with van der Waals surface area (Å²) in [6, 6.07) is 12.0. The van der Waals surface area contributed by atoms with Crippen molar-refractivity contribution < 1.29 is 4.92 Å². The third-order valence-electron chi connectivity index (χ3n) is 4.84. The number of aryl methyl sites for hydroxylation is 2. The van der Waals surface area contributed by atoms with Crippen LogP contribution in [-0.2, 0) is 0 Å². The van der Waals surface area contributed by atoms with Crippen molar-refractivity contribution in [1.82, 2.24) is 0 Å². The number of anilines is 1. The van der Waals surface area contributed by atoms with Crippen molar-refractivity contribution >= 4 is 23.0 Å². The predicted octanol–water partition coefficient (Wildman–Crippen LogP) is 6.28. The van der Waals surface area contributed by atoms with Crippen LogP contribution in [0.15, 0.2) is 36.4 Å². The number of hydrogen-bond acceptors (Lipinski definition) is 3. The monoisotopic (exact) mass is 374 g/mol. The van der Waals surface area contributed by atoms with Crippen molar-refractivity contribution in [3.8, 4) is 0 Å². The maximum Gasteiger partial charge on any atom is 0.275 e. The lowest BCUT2D eigenvalue weighted by atomic mass is 9.89. The average Bonchev–Trinajstić information content (AvgIpc) is 2.62. The molecule has 2 aromatic rings. The van der Waals surface area contributed by atoms with E-state index in [0.29, 0.717) is 5.92 Å². The Kier molecular flexibility index (Phi) is 7.04. The Labute approximate surface area is 160 Å². The van der Waals surface area contributed by atoms with E-state index in [1.807, 2.05) is 52.0 Å². The molecule has 0 atom stereocenters. The molecule has 3 rings (SSSR count). The molecule has 1 aliphatic heterocycles. The van der Waals surface area contributed by atoms with Crippen LogP contribution in [-0.4, -0.2) is 18.0 Å². The molecule has 0 bridgehead atoms. The Bertz CT molecular complexity index is 745. The zero-order valence-electron chi connectivity index (χ0n) is 16.0. The minimum atomic E-state index is -0.292. The van der Waals surface area contributed by atoms with Gasteiger partial charge in [0.2, 0.25) is 0 Å². The molecule has 5 heteroatoms. The van der Waals surface area contributed by atoms with Gasteiger partial charge in [-0.3, -0.25) is 10.1 Å². The van der Waals surface area contributed by atoms with Crippen molar-refractivity contribution in [2.75, 3.05) is 18.0 Å². The number of benzene rings is 2. The van der Waals surface area contributed by atoms with Gasteiger partial charge < -0.3 is 4.90 Å². The number of rotatable bonds is 3. The van der Waals surface area contributed by atoms with Gasteiger partial charge in [0.15, 0.2) is 0 Å². The van der Waals surface area contributed by atoms with Crippen LogP contribution in [0.1, 0.15) is 49.3 Å². The highest BCUT2D eigenvalue weighted by molar-refractivity contribution is 6.30. The van der Waals surface area contributed by atoms with Gasteiger partial charge in [-0.05, 0) is 62.4 Å². The summed E-state index contributed by atoms with van der Waals surface area (Å²) < 4.78 is 0. The minimum Gasteiger partial charge on any atom is -0.371 e. The quantitative estimate of drug-likeness (QED) is 0.469. The fourth-order valence-corrected chi connectivity index (χ4v) is 3.83. The molecule has 0 N–H and O–H groups in total. The third kappa shape index (κ3) is 4.55. The molecule has 0 saturated carbocycles. The Morgan fingerprint density at radius 1 is 1.08 bits per heavy atom. The fourth-order valence-electron chi connectivity index (χ4n) is 3.64. The summed E-state index contributed by atoms with van der Waals surface area (Å²) in [6.45, 7) is 9.53. The van der Waals surface area contributed by atoms with E-state index in [-0.39, 0.29) is 10.6 Å². The van der Waals surface area contributed by atoms with Crippen molar-refractivity contribution in [1.29, 1.82) is 0 Å². The summed E-state index contributed by atoms with van der Waals surface area (Å²) in [5.41, 5.74) is 4.07. The maximum atomic E-state index is 11.1. The number of halogens is 1. The molecule has 1 fully saturated rings. The summed E-state index contributed by atoms with van der Waals surface area (Å²) in [4.78, 5) is 13.2. The molecule has 140 valence electrons. The van der Waals surface area contributed by atoms with Gasteiger partial charge in [-0.2, -0.15) is 0 Å². The van der Waals surface area contributed by atoms with E-state index in [1.165, 1.54) is 5.56 Å². The highest BCUT2D eigenvalue weighted by Gasteiger charge is 2.23. The Morgan fingerprint density at radius 3 is 2.15 bits per heavy atom. The van der Waals surface area contributed by atoms with Gasteiger partial charge in [0.1, 0.15) is 0 Å². The second-order valence-corrected chi connectivity index (χ2v) is 6.94. The van der Waals surface area contributed by atoms with Gasteiger partial charge in [0.05, 0.1) is 4.92 Å². The first-order chi connectivity index (χ1) is 12.5. The van der Waals surface area contributed by atoms with Crippen molar-refractivity contribution in [2.24, 2.45) is 0 Å². The molecule has 0 radical (unpaired) electrons. The average molecular weight is 375 g/mol. The smallest absolute Gasteiger partial charge is 0.275 e. The molecule has 4 nitrogen and oxygen atoms in total. The molecular weight excluding hydrogens is 348 g/mol. The van der Waals surface area contributed by atoms with Crippen LogP contribution < -0.4 is 4.90 Å². The first kappa shape index (κ1) is 20.2. The summed E-state index contributed by atoms with van der Waals surface area (Å²) in [6.07, 6.45) is 2.13. The van der Waals surface area contributed by atoms with E-state index in [4.69, 9.17) is 11.6 Å². The highest BCUT2D eigenvalue weighted by atomic mass is 35.5. The van der Waals surface area contributed by atoms with Crippen LogP contribution in [0, 0.1) is 24.0 Å². The highest BCUT2D eigenvalue weighted by Crippen LogP contribution is 2.34. The van der Waals surface area contributed by atoms with E-state index in [1.54, 1.807) is 0 Å². The molecular formula is C21H27ClN2O2. The van der Waals surface area contributed by atoms with E-state index in [2.05, 4.69) is 17.0 Å². The number of nitro benzene ring substituents is 1. The van der Waals surface area contributed by atoms with Gasteiger partial charge in [-0.25, -0.2) is 0 Å². The topological polar surface area (TPSA) is 46.4 Å². The van der Waals surface area contributed by atoms with E-state index < -0.39 is 0 Å². The Morgan fingerprint density at radius 2 is 1.65 bits per heavy atom. The molecule has 0 amide bonds. The van der Waals surface area contributed by atoms with Gasteiger partial charge in [-0.1, -0.05) is 37.6 Å².